The fraction of sp³-hybridized carbons (Fsp3) is 0.429. The Kier molecular flexibility index (Phi) is 3.97. The van der Waals surface area contributed by atoms with Gasteiger partial charge in [0.1, 0.15) is 0 Å². The molecule has 2 rings (SSSR count). The lowest BCUT2D eigenvalue weighted by Crippen LogP contribution is -2.33. The summed E-state index contributed by atoms with van der Waals surface area (Å²) in [5.74, 6) is -1.54. The maximum Gasteiger partial charge on any atom is 0.304 e. The Morgan fingerprint density at radius 3 is 2.33 bits per heavy atom. The summed E-state index contributed by atoms with van der Waals surface area (Å²) in [5.41, 5.74) is 0.789. The number of rotatable bonds is 4. The van der Waals surface area contributed by atoms with Crippen LogP contribution in [0.5, 0.6) is 0 Å². The van der Waals surface area contributed by atoms with Gasteiger partial charge in [0.05, 0.1) is 12.3 Å². The van der Waals surface area contributed by atoms with Gasteiger partial charge in [0.15, 0.2) is 0 Å². The molecule has 1 aliphatic heterocycles. The standard InChI is InChI=1S/C14H17NO3/c16-13(17)10-12(11-6-2-1-3-7-11)14(18)15-8-4-5-9-15/h1-3,6-7,12H,4-5,8-10H2,(H,16,17). The predicted molar refractivity (Wildman–Crippen MR) is 67.2 cm³/mol. The van der Waals surface area contributed by atoms with Crippen LogP contribution in [0.3, 0.4) is 0 Å². The van der Waals surface area contributed by atoms with Crippen LogP contribution in [0, 0.1) is 0 Å². The van der Waals surface area contributed by atoms with E-state index in [1.54, 1.807) is 4.90 Å². The molecule has 1 fully saturated rings. The highest BCUT2D eigenvalue weighted by molar-refractivity contribution is 5.88. The second-order valence-electron chi connectivity index (χ2n) is 4.59. The first-order valence-corrected chi connectivity index (χ1v) is 6.24. The van der Waals surface area contributed by atoms with E-state index in [2.05, 4.69) is 0 Å². The Morgan fingerprint density at radius 2 is 1.78 bits per heavy atom. The Bertz CT molecular complexity index is 424. The number of carbonyl (C=O) groups excluding carboxylic acids is 1. The van der Waals surface area contributed by atoms with Gasteiger partial charge in [-0.3, -0.25) is 9.59 Å². The number of carboxylic acids is 1. The molecule has 1 aliphatic rings. The van der Waals surface area contributed by atoms with Crippen molar-refractivity contribution in [2.45, 2.75) is 25.2 Å². The summed E-state index contributed by atoms with van der Waals surface area (Å²) in [7, 11) is 0. The summed E-state index contributed by atoms with van der Waals surface area (Å²) in [6.07, 6.45) is 1.89. The quantitative estimate of drug-likeness (QED) is 0.883. The van der Waals surface area contributed by atoms with Crippen LogP contribution in [0.4, 0.5) is 0 Å². The first-order valence-electron chi connectivity index (χ1n) is 6.24. The van der Waals surface area contributed by atoms with Crippen LogP contribution in [-0.2, 0) is 9.59 Å². The van der Waals surface area contributed by atoms with Gasteiger partial charge < -0.3 is 10.0 Å². The molecule has 1 aromatic rings. The van der Waals surface area contributed by atoms with Crippen molar-refractivity contribution in [1.82, 2.24) is 4.90 Å². The highest BCUT2D eigenvalue weighted by Crippen LogP contribution is 2.24. The van der Waals surface area contributed by atoms with Crippen LogP contribution in [0.1, 0.15) is 30.7 Å². The minimum atomic E-state index is -0.934. The molecule has 0 saturated carbocycles. The van der Waals surface area contributed by atoms with Crippen LogP contribution in [-0.4, -0.2) is 35.0 Å². The number of carboxylic acid groups (broad SMARTS) is 1. The summed E-state index contributed by atoms with van der Waals surface area (Å²) in [6, 6.07) is 9.17. The van der Waals surface area contributed by atoms with Crippen molar-refractivity contribution in [3.63, 3.8) is 0 Å². The highest BCUT2D eigenvalue weighted by Gasteiger charge is 2.29. The monoisotopic (exact) mass is 247 g/mol. The lowest BCUT2D eigenvalue weighted by Gasteiger charge is -2.22. The summed E-state index contributed by atoms with van der Waals surface area (Å²) >= 11 is 0. The first-order chi connectivity index (χ1) is 8.68. The van der Waals surface area contributed by atoms with E-state index >= 15 is 0 Å². The highest BCUT2D eigenvalue weighted by atomic mass is 16.4. The molecule has 96 valence electrons. The molecule has 0 aromatic heterocycles. The third-order valence-electron chi connectivity index (χ3n) is 3.30. The fourth-order valence-corrected chi connectivity index (χ4v) is 2.37. The van der Waals surface area contributed by atoms with Crippen LogP contribution >= 0.6 is 0 Å². The van der Waals surface area contributed by atoms with E-state index in [-0.39, 0.29) is 12.3 Å². The molecule has 1 unspecified atom stereocenters. The number of carbonyl (C=O) groups is 2. The van der Waals surface area contributed by atoms with E-state index in [1.807, 2.05) is 30.3 Å². The first kappa shape index (κ1) is 12.6. The van der Waals surface area contributed by atoms with E-state index in [4.69, 9.17) is 5.11 Å². The minimum absolute atomic E-state index is 0.0545. The van der Waals surface area contributed by atoms with Gasteiger partial charge in [0.25, 0.3) is 0 Å². The number of amides is 1. The predicted octanol–water partition coefficient (Wildman–Crippen LogP) is 1.87. The van der Waals surface area contributed by atoms with Crippen molar-refractivity contribution in [1.29, 1.82) is 0 Å². The molecule has 4 heteroatoms. The molecule has 1 amide bonds. The van der Waals surface area contributed by atoms with Gasteiger partial charge in [-0.2, -0.15) is 0 Å². The maximum absolute atomic E-state index is 12.3. The number of benzene rings is 1. The van der Waals surface area contributed by atoms with Gasteiger partial charge >= 0.3 is 5.97 Å². The molecule has 1 N–H and O–H groups in total. The van der Waals surface area contributed by atoms with Crippen molar-refractivity contribution in [2.24, 2.45) is 0 Å². The van der Waals surface area contributed by atoms with Crippen LogP contribution in [0.2, 0.25) is 0 Å². The van der Waals surface area contributed by atoms with Gasteiger partial charge in [0, 0.05) is 13.1 Å². The Hall–Kier alpha value is -1.84. The van der Waals surface area contributed by atoms with Crippen molar-refractivity contribution in [3.8, 4) is 0 Å². The molecule has 0 radical (unpaired) electrons. The van der Waals surface area contributed by atoms with Crippen molar-refractivity contribution < 1.29 is 14.7 Å². The largest absolute Gasteiger partial charge is 0.481 e. The summed E-state index contributed by atoms with van der Waals surface area (Å²) in [5, 5.41) is 8.97. The average molecular weight is 247 g/mol. The van der Waals surface area contributed by atoms with Crippen molar-refractivity contribution in [2.75, 3.05) is 13.1 Å². The maximum atomic E-state index is 12.3. The van der Waals surface area contributed by atoms with Gasteiger partial charge in [-0.25, -0.2) is 0 Å². The second-order valence-corrected chi connectivity index (χ2v) is 4.59. The Labute approximate surface area is 106 Å². The second kappa shape index (κ2) is 5.67. The molecule has 1 atom stereocenters. The van der Waals surface area contributed by atoms with E-state index in [1.165, 1.54) is 0 Å². The van der Waals surface area contributed by atoms with Gasteiger partial charge in [-0.05, 0) is 18.4 Å². The van der Waals surface area contributed by atoms with Crippen LogP contribution in [0.25, 0.3) is 0 Å². The lowest BCUT2D eigenvalue weighted by atomic mass is 9.94. The van der Waals surface area contributed by atoms with Gasteiger partial charge in [-0.15, -0.1) is 0 Å². The van der Waals surface area contributed by atoms with E-state index in [0.717, 1.165) is 31.5 Å². The average Bonchev–Trinajstić information content (AvgIpc) is 2.90. The zero-order chi connectivity index (χ0) is 13.0. The number of hydrogen-bond donors (Lipinski definition) is 1. The lowest BCUT2D eigenvalue weighted by molar-refractivity contribution is -0.141. The van der Waals surface area contributed by atoms with E-state index < -0.39 is 11.9 Å². The molecular weight excluding hydrogens is 230 g/mol. The third kappa shape index (κ3) is 2.88. The summed E-state index contributed by atoms with van der Waals surface area (Å²) < 4.78 is 0. The van der Waals surface area contributed by atoms with Crippen molar-refractivity contribution >= 4 is 11.9 Å². The molecular formula is C14H17NO3. The normalized spacial score (nSPS) is 16.6. The zero-order valence-corrected chi connectivity index (χ0v) is 10.2. The van der Waals surface area contributed by atoms with Gasteiger partial charge in [0.2, 0.25) is 5.91 Å². The molecule has 1 aromatic carbocycles. The SMILES string of the molecule is O=C(O)CC(C(=O)N1CCCC1)c1ccccc1. The Morgan fingerprint density at radius 1 is 1.17 bits per heavy atom. The number of hydrogen-bond acceptors (Lipinski definition) is 2. The minimum Gasteiger partial charge on any atom is -0.481 e. The fourth-order valence-electron chi connectivity index (χ4n) is 2.37. The summed E-state index contributed by atoms with van der Waals surface area (Å²) in [4.78, 5) is 25.1. The smallest absolute Gasteiger partial charge is 0.304 e. The van der Waals surface area contributed by atoms with E-state index in [0.29, 0.717) is 0 Å². The molecule has 0 bridgehead atoms. The van der Waals surface area contributed by atoms with E-state index in [9.17, 15) is 9.59 Å². The summed E-state index contributed by atoms with van der Waals surface area (Å²) in [6.45, 7) is 1.50. The van der Waals surface area contributed by atoms with Gasteiger partial charge in [-0.1, -0.05) is 30.3 Å². The van der Waals surface area contributed by atoms with Crippen molar-refractivity contribution in [3.05, 3.63) is 35.9 Å². The van der Waals surface area contributed by atoms with Crippen LogP contribution < -0.4 is 0 Å². The molecule has 4 nitrogen and oxygen atoms in total. The molecule has 0 spiro atoms. The number of nitrogens with zero attached hydrogens (tertiary/aromatic N) is 1. The third-order valence-corrected chi connectivity index (χ3v) is 3.30. The molecule has 0 aliphatic carbocycles. The number of aliphatic carboxylic acids is 1. The topological polar surface area (TPSA) is 57.6 Å². The molecule has 18 heavy (non-hydrogen) atoms. The number of likely N-dealkylation sites (tertiary alicyclic amines) is 1. The zero-order valence-electron chi connectivity index (χ0n) is 10.2. The molecule has 1 saturated heterocycles. The van der Waals surface area contributed by atoms with Crippen LogP contribution in [0.15, 0.2) is 30.3 Å². The Balaban J connectivity index is 2.19. The molecule has 1 heterocycles.